The number of hydrogen-bond acceptors (Lipinski definition) is 4. The van der Waals surface area contributed by atoms with Crippen molar-refractivity contribution >= 4 is 43.1 Å². The first kappa shape index (κ1) is 23.5. The average molecular weight is 364 g/mol. The minimum atomic E-state index is 0. The van der Waals surface area contributed by atoms with Crippen molar-refractivity contribution < 1.29 is 4.79 Å². The molecule has 5 nitrogen and oxygen atoms in total. The second-order valence-corrected chi connectivity index (χ2v) is 5.64. The number of nitrogens with one attached hydrogen (secondary N) is 2. The maximum Gasteiger partial charge on any atom is 0.237 e. The van der Waals surface area contributed by atoms with Gasteiger partial charge >= 0.3 is 0 Å². The summed E-state index contributed by atoms with van der Waals surface area (Å²) in [7, 11) is 4.28. The van der Waals surface area contributed by atoms with Gasteiger partial charge in [-0.2, -0.15) is 0 Å². The lowest BCUT2D eigenvalue weighted by atomic mass is 10.0. The van der Waals surface area contributed by atoms with Crippen molar-refractivity contribution in [2.75, 3.05) is 46.8 Å². The molecule has 0 saturated carbocycles. The molecule has 2 saturated heterocycles. The van der Waals surface area contributed by atoms with E-state index in [2.05, 4.69) is 34.5 Å². The number of piperidine rings is 1. The fourth-order valence-electron chi connectivity index (χ4n) is 2.74. The van der Waals surface area contributed by atoms with Gasteiger partial charge in [0.15, 0.2) is 0 Å². The van der Waals surface area contributed by atoms with Gasteiger partial charge in [-0.3, -0.25) is 9.69 Å². The standard InChI is InChI=1S/C13H26N4O.3ClH/c1-16-7-8-17(2)11(10-16)9-15-13(18)12-5-3-4-6-14-12;;;/h11-12,14H,3-10H2,1-2H3,(H,15,18);3*1H/t11?,12-;;;/m1.../s1. The molecule has 8 heteroatoms. The van der Waals surface area contributed by atoms with Crippen LogP contribution in [0.15, 0.2) is 0 Å². The molecule has 0 spiro atoms. The van der Waals surface area contributed by atoms with E-state index < -0.39 is 0 Å². The Labute approximate surface area is 146 Å². The second kappa shape index (κ2) is 11.7. The zero-order valence-corrected chi connectivity index (χ0v) is 15.3. The maximum atomic E-state index is 12.0. The van der Waals surface area contributed by atoms with Crippen LogP contribution in [-0.4, -0.2) is 74.6 Å². The Morgan fingerprint density at radius 2 is 1.90 bits per heavy atom. The van der Waals surface area contributed by atoms with E-state index in [1.165, 1.54) is 6.42 Å². The summed E-state index contributed by atoms with van der Waals surface area (Å²) in [5.74, 6) is 0.177. The molecular formula is C13H29Cl3N4O. The van der Waals surface area contributed by atoms with E-state index >= 15 is 0 Å². The van der Waals surface area contributed by atoms with Crippen molar-refractivity contribution in [2.24, 2.45) is 0 Å². The van der Waals surface area contributed by atoms with E-state index in [0.29, 0.717) is 6.04 Å². The summed E-state index contributed by atoms with van der Waals surface area (Å²) >= 11 is 0. The molecule has 2 heterocycles. The molecule has 0 aromatic rings. The summed E-state index contributed by atoms with van der Waals surface area (Å²) in [4.78, 5) is 16.7. The van der Waals surface area contributed by atoms with E-state index in [0.717, 1.165) is 45.6 Å². The van der Waals surface area contributed by atoms with Gasteiger partial charge in [-0.15, -0.1) is 37.2 Å². The average Bonchev–Trinajstić information content (AvgIpc) is 2.40. The van der Waals surface area contributed by atoms with Gasteiger partial charge in [0, 0.05) is 32.2 Å². The number of hydrogen-bond donors (Lipinski definition) is 2. The first-order valence-electron chi connectivity index (χ1n) is 7.06. The predicted molar refractivity (Wildman–Crippen MR) is 94.3 cm³/mol. The van der Waals surface area contributed by atoms with E-state index in [-0.39, 0.29) is 49.2 Å². The number of likely N-dealkylation sites (N-methyl/N-ethyl adjacent to an activating group) is 2. The highest BCUT2D eigenvalue weighted by Gasteiger charge is 2.25. The molecular weight excluding hydrogens is 335 g/mol. The molecule has 2 aliphatic rings. The van der Waals surface area contributed by atoms with Crippen molar-refractivity contribution in [2.45, 2.75) is 31.3 Å². The molecule has 2 N–H and O–H groups in total. The number of halogens is 3. The summed E-state index contributed by atoms with van der Waals surface area (Å²) < 4.78 is 0. The van der Waals surface area contributed by atoms with Crippen LogP contribution in [0.5, 0.6) is 0 Å². The van der Waals surface area contributed by atoms with Crippen molar-refractivity contribution in [1.82, 2.24) is 20.4 Å². The van der Waals surface area contributed by atoms with Crippen LogP contribution in [-0.2, 0) is 4.79 Å². The van der Waals surface area contributed by atoms with E-state index in [4.69, 9.17) is 0 Å². The molecule has 0 bridgehead atoms. The summed E-state index contributed by atoms with van der Waals surface area (Å²) in [5, 5.41) is 6.39. The molecule has 1 unspecified atom stereocenters. The zero-order valence-electron chi connectivity index (χ0n) is 12.8. The quantitative estimate of drug-likeness (QED) is 0.777. The molecule has 0 aliphatic carbocycles. The topological polar surface area (TPSA) is 47.6 Å². The van der Waals surface area contributed by atoms with E-state index in [1.54, 1.807) is 0 Å². The molecule has 2 aliphatic heterocycles. The van der Waals surface area contributed by atoms with Crippen LogP contribution < -0.4 is 10.6 Å². The predicted octanol–water partition coefficient (Wildman–Crippen LogP) is 0.756. The van der Waals surface area contributed by atoms with E-state index in [1.807, 2.05) is 0 Å². The highest BCUT2D eigenvalue weighted by molar-refractivity contribution is 5.86. The van der Waals surface area contributed by atoms with Crippen molar-refractivity contribution in [3.05, 3.63) is 0 Å². The lowest BCUT2D eigenvalue weighted by Gasteiger charge is -2.38. The van der Waals surface area contributed by atoms with Crippen LogP contribution in [0.1, 0.15) is 19.3 Å². The van der Waals surface area contributed by atoms with Gasteiger partial charge in [0.2, 0.25) is 5.91 Å². The van der Waals surface area contributed by atoms with Gasteiger partial charge in [-0.1, -0.05) is 6.42 Å². The number of piperazine rings is 1. The lowest BCUT2D eigenvalue weighted by Crippen LogP contribution is -2.56. The molecule has 128 valence electrons. The highest BCUT2D eigenvalue weighted by atomic mass is 35.5. The summed E-state index contributed by atoms with van der Waals surface area (Å²) in [5.41, 5.74) is 0. The number of carbonyl (C=O) groups excluding carboxylic acids is 1. The largest absolute Gasteiger partial charge is 0.353 e. The third-order valence-electron chi connectivity index (χ3n) is 4.12. The lowest BCUT2D eigenvalue weighted by molar-refractivity contribution is -0.124. The van der Waals surface area contributed by atoms with Gasteiger partial charge in [0.25, 0.3) is 0 Å². The van der Waals surface area contributed by atoms with Gasteiger partial charge in [-0.25, -0.2) is 0 Å². The molecule has 2 fully saturated rings. The smallest absolute Gasteiger partial charge is 0.237 e. The van der Waals surface area contributed by atoms with Crippen LogP contribution >= 0.6 is 37.2 Å². The third kappa shape index (κ3) is 7.35. The van der Waals surface area contributed by atoms with E-state index in [9.17, 15) is 4.79 Å². The van der Waals surface area contributed by atoms with Gasteiger partial charge in [0.05, 0.1) is 6.04 Å². The highest BCUT2D eigenvalue weighted by Crippen LogP contribution is 2.08. The number of nitrogens with zero attached hydrogens (tertiary/aromatic N) is 2. The molecule has 0 aromatic heterocycles. The Balaban J connectivity index is 0. The fourth-order valence-corrected chi connectivity index (χ4v) is 2.74. The maximum absolute atomic E-state index is 12.0. The minimum absolute atomic E-state index is 0. The van der Waals surface area contributed by atoms with Crippen LogP contribution in [0.3, 0.4) is 0 Å². The fraction of sp³-hybridized carbons (Fsp3) is 0.923. The molecule has 21 heavy (non-hydrogen) atoms. The summed E-state index contributed by atoms with van der Waals surface area (Å²) in [6, 6.07) is 0.474. The Bertz CT molecular complexity index is 291. The van der Waals surface area contributed by atoms with Crippen LogP contribution in [0.4, 0.5) is 0 Å². The summed E-state index contributed by atoms with van der Waals surface area (Å²) in [6.07, 6.45) is 3.34. The molecule has 2 atom stereocenters. The van der Waals surface area contributed by atoms with Gasteiger partial charge in [-0.05, 0) is 33.5 Å². The molecule has 0 aromatic carbocycles. The zero-order chi connectivity index (χ0) is 13.0. The van der Waals surface area contributed by atoms with Crippen molar-refractivity contribution in [3.8, 4) is 0 Å². The van der Waals surface area contributed by atoms with Crippen molar-refractivity contribution in [1.29, 1.82) is 0 Å². The Morgan fingerprint density at radius 1 is 1.19 bits per heavy atom. The Kier molecular flexibility index (Phi) is 13.1. The number of amides is 1. The Hall–Kier alpha value is 0.220. The molecule has 1 amide bonds. The van der Waals surface area contributed by atoms with Crippen LogP contribution in [0.2, 0.25) is 0 Å². The minimum Gasteiger partial charge on any atom is -0.353 e. The molecule has 2 rings (SSSR count). The number of rotatable bonds is 3. The normalized spacial score (nSPS) is 26.8. The first-order valence-corrected chi connectivity index (χ1v) is 7.06. The second-order valence-electron chi connectivity index (χ2n) is 5.64. The summed E-state index contributed by atoms with van der Waals surface area (Å²) in [6.45, 7) is 4.97. The van der Waals surface area contributed by atoms with Crippen LogP contribution in [0, 0.1) is 0 Å². The monoisotopic (exact) mass is 362 g/mol. The number of carbonyl (C=O) groups is 1. The molecule has 0 radical (unpaired) electrons. The van der Waals surface area contributed by atoms with Gasteiger partial charge in [0.1, 0.15) is 0 Å². The van der Waals surface area contributed by atoms with Gasteiger partial charge < -0.3 is 15.5 Å². The van der Waals surface area contributed by atoms with Crippen molar-refractivity contribution in [3.63, 3.8) is 0 Å². The SMILES string of the molecule is CN1CCN(C)C(CNC(=O)[C@H]2CCCCN2)C1.Cl.Cl.Cl. The third-order valence-corrected chi connectivity index (χ3v) is 4.12. The first-order chi connectivity index (χ1) is 8.66. The Morgan fingerprint density at radius 3 is 2.52 bits per heavy atom. The van der Waals surface area contributed by atoms with Crippen LogP contribution in [0.25, 0.3) is 0 Å².